The van der Waals surface area contributed by atoms with Crippen LogP contribution in [0.1, 0.15) is 0 Å². The van der Waals surface area contributed by atoms with Crippen molar-refractivity contribution in [3.05, 3.63) is 552 Å². The third-order valence-electron chi connectivity index (χ3n) is 30.9. The zero-order chi connectivity index (χ0) is 98.8. The number of hydrogen-bond donors (Lipinski definition) is 0. The first-order valence-corrected chi connectivity index (χ1v) is 51.6. The average molecular weight is 1910 g/mol. The van der Waals surface area contributed by atoms with E-state index in [9.17, 15) is 0 Å². The molecular formula is C146H91NO3. The van der Waals surface area contributed by atoms with E-state index >= 15 is 0 Å². The molecule has 0 aliphatic rings. The summed E-state index contributed by atoms with van der Waals surface area (Å²) >= 11 is 0. The van der Waals surface area contributed by atoms with Gasteiger partial charge < -0.3 is 17.8 Å². The van der Waals surface area contributed by atoms with Gasteiger partial charge in [0.25, 0.3) is 0 Å². The maximum atomic E-state index is 6.65. The van der Waals surface area contributed by atoms with Crippen molar-refractivity contribution in [2.24, 2.45) is 0 Å². The quantitative estimate of drug-likeness (QED) is 0.115. The number of rotatable bonds is 12. The fourth-order valence-corrected chi connectivity index (χ4v) is 24.6. The third kappa shape index (κ3) is 14.3. The average Bonchev–Trinajstić information content (AvgIpc) is 1.64. The Morgan fingerprint density at radius 2 is 0.407 bits per heavy atom. The highest BCUT2D eigenvalue weighted by Crippen LogP contribution is 2.55. The topological polar surface area (TPSA) is 44.4 Å². The molecule has 31 rings (SSSR count). The van der Waals surface area contributed by atoms with Gasteiger partial charge in [0.2, 0.25) is 0 Å². The van der Waals surface area contributed by atoms with Crippen molar-refractivity contribution in [1.82, 2.24) is 4.57 Å². The van der Waals surface area contributed by atoms with E-state index in [1.165, 1.54) is 203 Å². The third-order valence-corrected chi connectivity index (χ3v) is 30.9. The van der Waals surface area contributed by atoms with Gasteiger partial charge in [-0.1, -0.05) is 491 Å². The minimum Gasteiger partial charge on any atom is -0.456 e. The van der Waals surface area contributed by atoms with Crippen LogP contribution in [0.5, 0.6) is 0 Å². The molecule has 0 amide bonds. The van der Waals surface area contributed by atoms with Crippen molar-refractivity contribution in [3.8, 4) is 128 Å². The number of hydrogen-bond acceptors (Lipinski definition) is 3. The molecule has 0 aliphatic carbocycles. The normalized spacial score (nSPS) is 11.7. The fraction of sp³-hybridized carbons (Fsp3) is 0. The fourth-order valence-electron chi connectivity index (χ4n) is 24.6. The first-order chi connectivity index (χ1) is 74.5. The van der Waals surface area contributed by atoms with Gasteiger partial charge in [0.15, 0.2) is 0 Å². The summed E-state index contributed by atoms with van der Waals surface area (Å²) < 4.78 is 22.2. The Labute approximate surface area is 865 Å². The molecule has 0 bridgehead atoms. The molecular weight excluding hydrogens is 1820 g/mol. The lowest BCUT2D eigenvalue weighted by Gasteiger charge is -2.20. The molecule has 150 heavy (non-hydrogen) atoms. The molecule has 0 atom stereocenters. The molecule has 4 heterocycles. The molecule has 4 aromatic heterocycles. The number of furan rings is 3. The van der Waals surface area contributed by atoms with Gasteiger partial charge in [0.1, 0.15) is 33.5 Å². The lowest BCUT2D eigenvalue weighted by molar-refractivity contribution is 0.668. The molecule has 27 aromatic carbocycles. The molecule has 0 aliphatic heterocycles. The summed E-state index contributed by atoms with van der Waals surface area (Å²) in [5.41, 5.74) is 35.5. The molecule has 0 fully saturated rings. The van der Waals surface area contributed by atoms with Crippen molar-refractivity contribution < 1.29 is 13.3 Å². The summed E-state index contributed by atoms with van der Waals surface area (Å²) in [5.74, 6) is 0. The van der Waals surface area contributed by atoms with Gasteiger partial charge in [0.05, 0.1) is 22.1 Å². The van der Waals surface area contributed by atoms with Crippen LogP contribution >= 0.6 is 0 Å². The molecule has 4 nitrogen and oxygen atoms in total. The van der Waals surface area contributed by atoms with E-state index < -0.39 is 0 Å². The van der Waals surface area contributed by atoms with E-state index in [4.69, 9.17) is 13.3 Å². The summed E-state index contributed by atoms with van der Waals surface area (Å²) in [7, 11) is 0. The van der Waals surface area contributed by atoms with E-state index in [1.807, 2.05) is 12.1 Å². The number of nitrogens with zero attached hydrogens (tertiary/aromatic N) is 1. The molecule has 0 spiro atoms. The highest BCUT2D eigenvalue weighted by Gasteiger charge is 2.29. The molecule has 698 valence electrons. The van der Waals surface area contributed by atoms with Gasteiger partial charge in [-0.15, -0.1) is 0 Å². The van der Waals surface area contributed by atoms with Crippen LogP contribution in [0, 0.1) is 0 Å². The van der Waals surface area contributed by atoms with E-state index in [-0.39, 0.29) is 0 Å². The van der Waals surface area contributed by atoms with E-state index in [1.54, 1.807) is 0 Å². The molecule has 31 aromatic rings. The van der Waals surface area contributed by atoms with Gasteiger partial charge >= 0.3 is 0 Å². The second kappa shape index (κ2) is 36.2. The number of aromatic nitrogens is 1. The summed E-state index contributed by atoms with van der Waals surface area (Å²) in [5, 5.41) is 29.3. The Morgan fingerprint density at radius 1 is 0.120 bits per heavy atom. The first-order valence-electron chi connectivity index (χ1n) is 51.6. The smallest absolute Gasteiger partial charge is 0.143 e. The summed E-state index contributed by atoms with van der Waals surface area (Å²) in [4.78, 5) is 0. The predicted octanol–water partition coefficient (Wildman–Crippen LogP) is 41.4. The summed E-state index contributed by atoms with van der Waals surface area (Å²) in [6, 6.07) is 199. The largest absolute Gasteiger partial charge is 0.456 e. The maximum Gasteiger partial charge on any atom is 0.143 e. The van der Waals surface area contributed by atoms with Crippen molar-refractivity contribution in [3.63, 3.8) is 0 Å². The van der Waals surface area contributed by atoms with E-state index in [0.717, 1.165) is 99.3 Å². The molecule has 0 N–H and O–H groups in total. The SMILES string of the molecule is c1ccc(-c2c3ccccc3c(-c3ccc(-c4cccc5oc6c(-c7ccccc7)cccc6c45)c4ccccc34)c3ccccc23)cc1.c1ccc(-c2c3ccccc3c(-c3cccc(-c4ccc5oc6ccccc6c5c4-n4c5ccccc5c5ccccc54)c3)c3ccccc23)cc1.c1ccc(-c2cc(-c3ccc(-c4c5ccccc5c(-c5ccccc5)c5ccccc45)c4ccccc34)c3c(c2)oc2ccccc23)cc1. The Morgan fingerprint density at radius 3 is 0.860 bits per heavy atom. The van der Waals surface area contributed by atoms with Crippen LogP contribution in [0.2, 0.25) is 0 Å². The van der Waals surface area contributed by atoms with Crippen LogP contribution in [0.3, 0.4) is 0 Å². The zero-order valence-electron chi connectivity index (χ0n) is 81.7. The van der Waals surface area contributed by atoms with Gasteiger partial charge in [-0.3, -0.25) is 0 Å². The van der Waals surface area contributed by atoms with Crippen LogP contribution in [0.25, 0.3) is 302 Å². The highest BCUT2D eigenvalue weighted by molar-refractivity contribution is 6.30. The van der Waals surface area contributed by atoms with Gasteiger partial charge in [-0.2, -0.15) is 0 Å². The Bertz CT molecular complexity index is 10600. The molecule has 0 unspecified atom stereocenters. The van der Waals surface area contributed by atoms with Gasteiger partial charge in [-0.25, -0.2) is 0 Å². The Kier molecular flexibility index (Phi) is 21.0. The van der Waals surface area contributed by atoms with Crippen molar-refractivity contribution in [2.45, 2.75) is 0 Å². The van der Waals surface area contributed by atoms with Crippen LogP contribution in [-0.4, -0.2) is 4.57 Å². The number of fused-ring (bicyclic) bond motifs is 20. The molecule has 0 saturated carbocycles. The predicted molar refractivity (Wildman–Crippen MR) is 635 cm³/mol. The van der Waals surface area contributed by atoms with Crippen LogP contribution < -0.4 is 0 Å². The standard InChI is InChI=1S/C50H31NO.2C48H30O/c1-2-15-32(16-3-1)47-38-21-4-6-23-40(38)48(41-24-7-5-22-39(41)47)34-18-14-17-33(31-34)35-29-30-46-49(42-25-10-13-28-45(42)52-46)50(35)51-43-26-11-8-19-36(43)37-20-9-12-27-44(37)51;1-3-15-31(16-4-1)33-25-13-27-43-47-37(26-14-28-44(47)49-48(33)43)36-29-30-42(35-20-8-7-19-34(35)36)46-40-23-11-9-21-38(40)45(32-17-5-2-6-18-32)39-22-10-12-24-41(39)46;1-3-15-31(16-4-1)33-29-43(48-42-25-13-14-26-44(42)49-45(48)30-33)36-27-28-41(35-20-8-7-19-34(35)36)47-39-23-11-9-21-37(39)46(32-17-5-2-6-18-32)38-22-10-12-24-40(38)47/h1-31H;2*1-30H. The van der Waals surface area contributed by atoms with Crippen LogP contribution in [0.4, 0.5) is 0 Å². The highest BCUT2D eigenvalue weighted by atomic mass is 16.3. The van der Waals surface area contributed by atoms with Crippen LogP contribution in [-0.2, 0) is 0 Å². The molecule has 4 heteroatoms. The minimum atomic E-state index is 0.881. The van der Waals surface area contributed by atoms with Crippen molar-refractivity contribution in [2.75, 3.05) is 0 Å². The molecule has 0 radical (unpaired) electrons. The van der Waals surface area contributed by atoms with Gasteiger partial charge in [-0.05, 0) is 258 Å². The second-order valence-corrected chi connectivity index (χ2v) is 39.1. The monoisotopic (exact) mass is 1910 g/mol. The van der Waals surface area contributed by atoms with Crippen molar-refractivity contribution in [1.29, 1.82) is 0 Å². The van der Waals surface area contributed by atoms with Crippen molar-refractivity contribution >= 4 is 174 Å². The van der Waals surface area contributed by atoms with E-state index in [2.05, 4.69) is 544 Å². The minimum absolute atomic E-state index is 0.881. The summed E-state index contributed by atoms with van der Waals surface area (Å²) in [6.45, 7) is 0. The number of benzene rings is 27. The Hall–Kier alpha value is -19.8. The maximum absolute atomic E-state index is 6.65. The summed E-state index contributed by atoms with van der Waals surface area (Å²) in [6.07, 6.45) is 0. The van der Waals surface area contributed by atoms with E-state index in [0.29, 0.717) is 0 Å². The molecule has 0 saturated heterocycles. The van der Waals surface area contributed by atoms with Crippen LogP contribution in [0.15, 0.2) is 565 Å². The lowest BCUT2D eigenvalue weighted by atomic mass is 9.83. The zero-order valence-corrected chi connectivity index (χ0v) is 81.7. The number of para-hydroxylation sites is 5. The second-order valence-electron chi connectivity index (χ2n) is 39.1. The lowest BCUT2D eigenvalue weighted by Crippen LogP contribution is -1.98. The Balaban J connectivity index is 0.000000106. The first kappa shape index (κ1) is 86.9. The van der Waals surface area contributed by atoms with Gasteiger partial charge in [0, 0.05) is 48.8 Å².